The van der Waals surface area contributed by atoms with E-state index in [4.69, 9.17) is 33.9 Å². The van der Waals surface area contributed by atoms with E-state index in [0.717, 1.165) is 32.8 Å². The van der Waals surface area contributed by atoms with Crippen molar-refractivity contribution in [3.05, 3.63) is 106 Å². The number of nitrogens with zero attached hydrogens (tertiary/aromatic N) is 6. The molecule has 0 radical (unpaired) electrons. The van der Waals surface area contributed by atoms with Gasteiger partial charge in [0.15, 0.2) is 11.6 Å². The smallest absolute Gasteiger partial charge is 0.244 e. The van der Waals surface area contributed by atoms with Gasteiger partial charge in [-0.05, 0) is 52.8 Å². The van der Waals surface area contributed by atoms with Gasteiger partial charge in [0.05, 0.1) is 11.6 Å². The molecule has 0 bridgehead atoms. The summed E-state index contributed by atoms with van der Waals surface area (Å²) >= 11 is 12.7. The average molecular weight is 603 g/mol. The molecule has 3 aromatic heterocycles. The van der Waals surface area contributed by atoms with E-state index in [2.05, 4.69) is 36.0 Å². The van der Waals surface area contributed by atoms with Crippen molar-refractivity contribution in [1.29, 1.82) is 0 Å². The molecule has 0 spiro atoms. The van der Waals surface area contributed by atoms with Gasteiger partial charge in [0.1, 0.15) is 28.7 Å². The summed E-state index contributed by atoms with van der Waals surface area (Å²) in [6.45, 7) is 0. The van der Waals surface area contributed by atoms with Crippen LogP contribution in [0.1, 0.15) is 23.0 Å². The number of aromatic nitrogens is 8. The van der Waals surface area contributed by atoms with Crippen molar-refractivity contribution in [2.45, 2.75) is 12.5 Å². The first-order chi connectivity index (χ1) is 20.4. The van der Waals surface area contributed by atoms with Gasteiger partial charge in [0.25, 0.3) is 0 Å². The lowest BCUT2D eigenvalue weighted by molar-refractivity contribution is -0.117. The molecule has 3 aromatic carbocycles. The number of hydrogen-bond acceptors (Lipinski definition) is 7. The molecule has 5 N–H and O–H groups in total. The predicted molar refractivity (Wildman–Crippen MR) is 157 cm³/mol. The largest absolute Gasteiger partial charge is 0.382 e. The molecule has 11 nitrogen and oxygen atoms in total. The Labute approximate surface area is 247 Å². The third kappa shape index (κ3) is 5.57. The first-order valence-corrected chi connectivity index (χ1v) is 13.4. The number of carbonyl (C=O) groups is 1. The predicted octanol–water partition coefficient (Wildman–Crippen LogP) is 5.07. The number of benzene rings is 3. The fraction of sp³-hybridized carbons (Fsp3) is 0.0714. The SMILES string of the molecule is Nc1n[nH]c2cc(-c3nc([C@H](Cc4ccccc4)NC(=O)/C=C/c4cc(Cl)cc(F)c4-n4cnnn4)[nH]c3Cl)ccc12. The van der Waals surface area contributed by atoms with Crippen molar-refractivity contribution in [3.63, 3.8) is 0 Å². The minimum atomic E-state index is -0.648. The van der Waals surface area contributed by atoms with Crippen molar-refractivity contribution in [2.75, 3.05) is 5.73 Å². The number of halogens is 3. The number of fused-ring (bicyclic) bond motifs is 1. The maximum Gasteiger partial charge on any atom is 0.244 e. The molecule has 0 aliphatic carbocycles. The minimum absolute atomic E-state index is 0.0488. The number of carbonyl (C=O) groups excluding carboxylic acids is 1. The van der Waals surface area contributed by atoms with Crippen LogP contribution in [0.4, 0.5) is 10.2 Å². The lowest BCUT2D eigenvalue weighted by atomic mass is 10.1. The number of amides is 1. The topological polar surface area (TPSA) is 156 Å². The van der Waals surface area contributed by atoms with E-state index in [1.54, 1.807) is 0 Å². The molecule has 0 aliphatic rings. The molecule has 42 heavy (non-hydrogen) atoms. The van der Waals surface area contributed by atoms with E-state index >= 15 is 0 Å². The molecular weight excluding hydrogens is 582 g/mol. The molecule has 210 valence electrons. The van der Waals surface area contributed by atoms with Crippen LogP contribution in [-0.2, 0) is 11.2 Å². The highest BCUT2D eigenvalue weighted by Gasteiger charge is 2.22. The third-order valence-electron chi connectivity index (χ3n) is 6.52. The number of hydrogen-bond donors (Lipinski definition) is 4. The normalized spacial score (nSPS) is 12.3. The Balaban J connectivity index is 1.30. The lowest BCUT2D eigenvalue weighted by Crippen LogP contribution is -2.29. The summed E-state index contributed by atoms with van der Waals surface area (Å²) in [6.07, 6.45) is 4.38. The van der Waals surface area contributed by atoms with Crippen LogP contribution in [0.5, 0.6) is 0 Å². The van der Waals surface area contributed by atoms with E-state index in [9.17, 15) is 9.18 Å². The van der Waals surface area contributed by atoms with Crippen molar-refractivity contribution >= 4 is 51.9 Å². The van der Waals surface area contributed by atoms with Gasteiger partial charge in [-0.15, -0.1) is 5.10 Å². The fourth-order valence-electron chi connectivity index (χ4n) is 4.58. The van der Waals surface area contributed by atoms with E-state index in [-0.39, 0.29) is 10.7 Å². The summed E-state index contributed by atoms with van der Waals surface area (Å²) in [5.74, 6) is -0.254. The number of nitrogens with two attached hydrogens (primary N) is 1. The van der Waals surface area contributed by atoms with Crippen LogP contribution >= 0.6 is 23.2 Å². The second kappa shape index (κ2) is 11.4. The number of aromatic amines is 2. The van der Waals surface area contributed by atoms with Gasteiger partial charge in [-0.1, -0.05) is 59.6 Å². The van der Waals surface area contributed by atoms with Crippen LogP contribution in [-0.4, -0.2) is 46.3 Å². The van der Waals surface area contributed by atoms with Crippen molar-refractivity contribution < 1.29 is 9.18 Å². The highest BCUT2D eigenvalue weighted by atomic mass is 35.5. The highest BCUT2D eigenvalue weighted by Crippen LogP contribution is 2.31. The standard InChI is InChI=1S/C28H21Cl2FN10O/c29-18-11-17(25(20(31)13-18)41-14-33-39-40-41)7-9-23(42)34-22(10-15-4-2-1-3-5-15)28-35-24(26(30)36-28)16-6-8-19-21(12-16)37-38-27(19)32/h1-9,11-14,22H,10H2,(H,34,42)(H,35,36)(H3,32,37,38)/b9-7+/t22-/m0/s1. The number of nitrogen functional groups attached to an aromatic ring is 1. The Morgan fingerprint density at radius 3 is 2.76 bits per heavy atom. The van der Waals surface area contributed by atoms with Gasteiger partial charge in [0.2, 0.25) is 5.91 Å². The van der Waals surface area contributed by atoms with Crippen LogP contribution in [0.2, 0.25) is 10.2 Å². The van der Waals surface area contributed by atoms with Crippen molar-refractivity contribution in [3.8, 4) is 16.9 Å². The van der Waals surface area contributed by atoms with Crippen LogP contribution in [0.15, 0.2) is 73.1 Å². The zero-order valence-electron chi connectivity index (χ0n) is 21.6. The molecule has 14 heteroatoms. The summed E-state index contributed by atoms with van der Waals surface area (Å²) in [7, 11) is 0. The van der Waals surface area contributed by atoms with E-state index in [1.165, 1.54) is 24.5 Å². The summed E-state index contributed by atoms with van der Waals surface area (Å²) < 4.78 is 15.9. The van der Waals surface area contributed by atoms with Gasteiger partial charge in [-0.25, -0.2) is 9.37 Å². The first kappa shape index (κ1) is 27.1. The summed E-state index contributed by atoms with van der Waals surface area (Å²) in [5.41, 5.74) is 9.20. The number of imidazole rings is 1. The first-order valence-electron chi connectivity index (χ1n) is 12.6. The maximum absolute atomic E-state index is 14.8. The van der Waals surface area contributed by atoms with Crippen molar-refractivity contribution in [2.24, 2.45) is 0 Å². The Bertz CT molecular complexity index is 1920. The molecule has 0 saturated carbocycles. The lowest BCUT2D eigenvalue weighted by Gasteiger charge is -2.16. The quantitative estimate of drug-likeness (QED) is 0.177. The Morgan fingerprint density at radius 2 is 1.98 bits per heavy atom. The summed E-state index contributed by atoms with van der Waals surface area (Å²) in [4.78, 5) is 21.1. The van der Waals surface area contributed by atoms with Crippen LogP contribution in [0.3, 0.4) is 0 Å². The zero-order chi connectivity index (χ0) is 29.2. The second-order valence-electron chi connectivity index (χ2n) is 9.32. The average Bonchev–Trinajstić information content (AvgIpc) is 3.72. The molecule has 6 rings (SSSR count). The number of rotatable bonds is 8. The van der Waals surface area contributed by atoms with E-state index < -0.39 is 17.8 Å². The molecule has 0 unspecified atom stereocenters. The second-order valence-corrected chi connectivity index (χ2v) is 10.1. The Morgan fingerprint density at radius 1 is 1.14 bits per heavy atom. The van der Waals surface area contributed by atoms with Gasteiger partial charge < -0.3 is 16.0 Å². The third-order valence-corrected chi connectivity index (χ3v) is 7.01. The summed E-state index contributed by atoms with van der Waals surface area (Å²) in [5, 5.41) is 22.0. The van der Waals surface area contributed by atoms with Crippen LogP contribution in [0, 0.1) is 5.82 Å². The number of anilines is 1. The molecule has 0 aliphatic heterocycles. The molecule has 0 saturated heterocycles. The van der Waals surface area contributed by atoms with Gasteiger partial charge >= 0.3 is 0 Å². The fourth-order valence-corrected chi connectivity index (χ4v) is 5.04. The van der Waals surface area contributed by atoms with Gasteiger partial charge in [-0.2, -0.15) is 9.78 Å². The molecule has 6 aromatic rings. The molecular formula is C28H21Cl2FN10O. The molecule has 0 fully saturated rings. The Kier molecular flexibility index (Phi) is 7.38. The number of nitrogens with one attached hydrogen (secondary N) is 3. The monoisotopic (exact) mass is 602 g/mol. The van der Waals surface area contributed by atoms with Crippen LogP contribution < -0.4 is 11.1 Å². The zero-order valence-corrected chi connectivity index (χ0v) is 23.1. The number of H-pyrrole nitrogens is 2. The van der Waals surface area contributed by atoms with E-state index in [1.807, 2.05) is 48.5 Å². The summed E-state index contributed by atoms with van der Waals surface area (Å²) in [6, 6.07) is 17.2. The van der Waals surface area contributed by atoms with Gasteiger partial charge in [-0.3, -0.25) is 9.89 Å². The van der Waals surface area contributed by atoms with E-state index in [0.29, 0.717) is 34.5 Å². The molecule has 1 atom stereocenters. The van der Waals surface area contributed by atoms with Crippen LogP contribution in [0.25, 0.3) is 33.9 Å². The van der Waals surface area contributed by atoms with Crippen molar-refractivity contribution in [1.82, 2.24) is 45.7 Å². The minimum Gasteiger partial charge on any atom is -0.382 e. The highest BCUT2D eigenvalue weighted by molar-refractivity contribution is 6.32. The molecule has 1 amide bonds. The maximum atomic E-state index is 14.8. The van der Waals surface area contributed by atoms with Gasteiger partial charge in [0, 0.05) is 27.6 Å². The Hall–Kier alpha value is -5.07. The molecule has 3 heterocycles. The number of tetrazole rings is 1.